The molecule has 2 rings (SSSR count). The number of aromatic nitrogens is 2. The lowest BCUT2D eigenvalue weighted by Crippen LogP contribution is -2.52. The topological polar surface area (TPSA) is 42.3 Å². The molecular formula is C16H30N4O. The fraction of sp³-hybridized carbons (Fsp3) is 0.812. The van der Waals surface area contributed by atoms with Crippen LogP contribution in [0.1, 0.15) is 38.9 Å². The maximum Gasteiger partial charge on any atom is 0.0859 e. The standard InChI is InChI=1S/C16H30N4O/c1-5-13(3)20-8-7-14(18-20)11-15(17-4)16-12-19(6-2)9-10-21-16/h7-8,13,15-17H,5-6,9-12H2,1-4H3. The SMILES string of the molecule is CCC(C)n1ccc(CC(NC)C2CN(CC)CCO2)n1. The van der Waals surface area contributed by atoms with Gasteiger partial charge in [-0.1, -0.05) is 13.8 Å². The molecule has 1 N–H and O–H groups in total. The Bertz CT molecular complexity index is 420. The molecule has 0 bridgehead atoms. The van der Waals surface area contributed by atoms with Crippen LogP contribution in [0.3, 0.4) is 0 Å². The van der Waals surface area contributed by atoms with Crippen LogP contribution in [0.25, 0.3) is 0 Å². The zero-order chi connectivity index (χ0) is 15.2. The van der Waals surface area contributed by atoms with E-state index in [0.29, 0.717) is 12.1 Å². The lowest BCUT2D eigenvalue weighted by Gasteiger charge is -2.36. The summed E-state index contributed by atoms with van der Waals surface area (Å²) in [7, 11) is 2.02. The molecular weight excluding hydrogens is 264 g/mol. The summed E-state index contributed by atoms with van der Waals surface area (Å²) in [5, 5.41) is 8.13. The number of ether oxygens (including phenoxy) is 1. The van der Waals surface area contributed by atoms with Crippen LogP contribution in [0, 0.1) is 0 Å². The third-order valence-electron chi connectivity index (χ3n) is 4.58. The molecule has 1 aliphatic heterocycles. The lowest BCUT2D eigenvalue weighted by atomic mass is 10.0. The quantitative estimate of drug-likeness (QED) is 0.831. The minimum Gasteiger partial charge on any atom is -0.374 e. The second-order valence-corrected chi connectivity index (χ2v) is 5.95. The van der Waals surface area contributed by atoms with Gasteiger partial charge in [0.05, 0.1) is 18.4 Å². The van der Waals surface area contributed by atoms with Gasteiger partial charge in [0, 0.05) is 37.8 Å². The van der Waals surface area contributed by atoms with Crippen LogP contribution in [0.2, 0.25) is 0 Å². The van der Waals surface area contributed by atoms with Gasteiger partial charge in [-0.25, -0.2) is 0 Å². The first kappa shape index (κ1) is 16.5. The molecule has 0 aliphatic carbocycles. The molecule has 1 saturated heterocycles. The number of morpholine rings is 1. The Hall–Kier alpha value is -0.910. The van der Waals surface area contributed by atoms with Crippen LogP contribution in [-0.4, -0.2) is 60.1 Å². The second kappa shape index (κ2) is 7.92. The van der Waals surface area contributed by atoms with Gasteiger partial charge in [0.25, 0.3) is 0 Å². The van der Waals surface area contributed by atoms with Crippen molar-refractivity contribution in [3.05, 3.63) is 18.0 Å². The smallest absolute Gasteiger partial charge is 0.0859 e. The summed E-state index contributed by atoms with van der Waals surface area (Å²) in [5.41, 5.74) is 1.15. The first-order valence-corrected chi connectivity index (χ1v) is 8.23. The van der Waals surface area contributed by atoms with Crippen LogP contribution in [-0.2, 0) is 11.2 Å². The molecule has 1 aromatic heterocycles. The maximum atomic E-state index is 5.97. The third kappa shape index (κ3) is 4.28. The normalized spacial score (nSPS) is 23.1. The van der Waals surface area contributed by atoms with Crippen LogP contribution in [0.4, 0.5) is 0 Å². The van der Waals surface area contributed by atoms with Gasteiger partial charge in [0.1, 0.15) is 0 Å². The van der Waals surface area contributed by atoms with E-state index >= 15 is 0 Å². The summed E-state index contributed by atoms with van der Waals surface area (Å²) in [6.45, 7) is 10.6. The van der Waals surface area contributed by atoms with E-state index in [1.807, 2.05) is 7.05 Å². The summed E-state index contributed by atoms with van der Waals surface area (Å²) in [6.07, 6.45) is 4.36. The highest BCUT2D eigenvalue weighted by Crippen LogP contribution is 2.14. The first-order valence-electron chi connectivity index (χ1n) is 8.23. The average molecular weight is 294 g/mol. The Kier molecular flexibility index (Phi) is 6.21. The van der Waals surface area contributed by atoms with Crippen molar-refractivity contribution in [1.29, 1.82) is 0 Å². The van der Waals surface area contributed by atoms with E-state index in [2.05, 4.69) is 47.9 Å². The van der Waals surface area contributed by atoms with Gasteiger partial charge in [-0.3, -0.25) is 9.58 Å². The highest BCUT2D eigenvalue weighted by atomic mass is 16.5. The minimum atomic E-state index is 0.248. The van der Waals surface area contributed by atoms with Gasteiger partial charge >= 0.3 is 0 Å². The van der Waals surface area contributed by atoms with E-state index in [9.17, 15) is 0 Å². The van der Waals surface area contributed by atoms with E-state index < -0.39 is 0 Å². The molecule has 0 aromatic carbocycles. The summed E-state index contributed by atoms with van der Waals surface area (Å²) in [5.74, 6) is 0. The summed E-state index contributed by atoms with van der Waals surface area (Å²) >= 11 is 0. The molecule has 5 heteroatoms. The minimum absolute atomic E-state index is 0.248. The Labute approximate surface area is 128 Å². The number of nitrogens with one attached hydrogen (secondary N) is 1. The summed E-state index contributed by atoms with van der Waals surface area (Å²) in [4.78, 5) is 2.45. The zero-order valence-electron chi connectivity index (χ0n) is 13.9. The molecule has 1 aromatic rings. The fourth-order valence-corrected chi connectivity index (χ4v) is 2.83. The van der Waals surface area contributed by atoms with Gasteiger partial charge in [0.15, 0.2) is 0 Å². The molecule has 5 nitrogen and oxygen atoms in total. The Morgan fingerprint density at radius 3 is 2.95 bits per heavy atom. The van der Waals surface area contributed by atoms with E-state index in [1.54, 1.807) is 0 Å². The number of rotatable bonds is 7. The van der Waals surface area contributed by atoms with Crippen molar-refractivity contribution in [2.24, 2.45) is 0 Å². The highest BCUT2D eigenvalue weighted by Gasteiger charge is 2.27. The Morgan fingerprint density at radius 2 is 2.29 bits per heavy atom. The van der Waals surface area contributed by atoms with Crippen LogP contribution < -0.4 is 5.32 Å². The van der Waals surface area contributed by atoms with Crippen LogP contribution >= 0.6 is 0 Å². The Morgan fingerprint density at radius 1 is 1.48 bits per heavy atom. The monoisotopic (exact) mass is 294 g/mol. The van der Waals surface area contributed by atoms with Gasteiger partial charge in [0.2, 0.25) is 0 Å². The number of hydrogen-bond acceptors (Lipinski definition) is 4. The van der Waals surface area contributed by atoms with Crippen molar-refractivity contribution in [1.82, 2.24) is 20.0 Å². The molecule has 2 heterocycles. The molecule has 0 radical (unpaired) electrons. The maximum absolute atomic E-state index is 5.97. The van der Waals surface area contributed by atoms with Crippen molar-refractivity contribution in [3.63, 3.8) is 0 Å². The first-order chi connectivity index (χ1) is 10.2. The molecule has 3 atom stereocenters. The molecule has 0 amide bonds. The number of hydrogen-bond donors (Lipinski definition) is 1. The van der Waals surface area contributed by atoms with E-state index in [0.717, 1.165) is 44.8 Å². The van der Waals surface area contributed by atoms with Crippen molar-refractivity contribution in [3.8, 4) is 0 Å². The van der Waals surface area contributed by atoms with Crippen molar-refractivity contribution in [2.75, 3.05) is 33.3 Å². The second-order valence-electron chi connectivity index (χ2n) is 5.95. The number of nitrogens with zero attached hydrogens (tertiary/aromatic N) is 3. The zero-order valence-corrected chi connectivity index (χ0v) is 13.9. The summed E-state index contributed by atoms with van der Waals surface area (Å²) < 4.78 is 8.04. The molecule has 0 saturated carbocycles. The molecule has 120 valence electrons. The Balaban J connectivity index is 1.96. The number of likely N-dealkylation sites (N-methyl/N-ethyl adjacent to an activating group) is 2. The largest absolute Gasteiger partial charge is 0.374 e. The van der Waals surface area contributed by atoms with E-state index in [-0.39, 0.29) is 6.10 Å². The van der Waals surface area contributed by atoms with Crippen LogP contribution in [0.15, 0.2) is 12.3 Å². The third-order valence-corrected chi connectivity index (χ3v) is 4.58. The fourth-order valence-electron chi connectivity index (χ4n) is 2.83. The highest BCUT2D eigenvalue weighted by molar-refractivity contribution is 5.04. The summed E-state index contributed by atoms with van der Waals surface area (Å²) in [6, 6.07) is 2.92. The van der Waals surface area contributed by atoms with Gasteiger partial charge in [-0.2, -0.15) is 5.10 Å². The molecule has 21 heavy (non-hydrogen) atoms. The van der Waals surface area contributed by atoms with Gasteiger partial charge in [-0.15, -0.1) is 0 Å². The van der Waals surface area contributed by atoms with Crippen molar-refractivity contribution in [2.45, 2.75) is 51.8 Å². The predicted octanol–water partition coefficient (Wildman–Crippen LogP) is 1.71. The molecule has 3 unspecified atom stereocenters. The van der Waals surface area contributed by atoms with Gasteiger partial charge < -0.3 is 10.1 Å². The molecule has 1 aliphatic rings. The van der Waals surface area contributed by atoms with Crippen LogP contribution in [0.5, 0.6) is 0 Å². The lowest BCUT2D eigenvalue weighted by molar-refractivity contribution is -0.0437. The molecule has 1 fully saturated rings. The van der Waals surface area contributed by atoms with Gasteiger partial charge in [-0.05, 0) is 33.0 Å². The average Bonchev–Trinajstić information content (AvgIpc) is 3.00. The van der Waals surface area contributed by atoms with E-state index in [1.165, 1.54) is 0 Å². The van der Waals surface area contributed by atoms with Crippen molar-refractivity contribution >= 4 is 0 Å². The van der Waals surface area contributed by atoms with Crippen molar-refractivity contribution < 1.29 is 4.74 Å². The molecule has 0 spiro atoms. The predicted molar refractivity (Wildman–Crippen MR) is 85.6 cm³/mol. The van der Waals surface area contributed by atoms with E-state index in [4.69, 9.17) is 9.84 Å².